The number of hydrogen-bond acceptors (Lipinski definition) is 2. The van der Waals surface area contributed by atoms with Crippen LogP contribution in [0, 0.1) is 0 Å². The summed E-state index contributed by atoms with van der Waals surface area (Å²) in [7, 11) is 0. The van der Waals surface area contributed by atoms with Gasteiger partial charge in [-0.25, -0.2) is 0 Å². The highest BCUT2D eigenvalue weighted by Gasteiger charge is 1.88. The molecular weight excluding hydrogens is 262 g/mol. The number of rotatable bonds is 3. The van der Waals surface area contributed by atoms with Crippen molar-refractivity contribution in [2.24, 2.45) is 0 Å². The van der Waals surface area contributed by atoms with Crippen LogP contribution >= 0.6 is 9.90 Å². The van der Waals surface area contributed by atoms with Crippen LogP contribution in [0.2, 0.25) is 0 Å². The lowest BCUT2D eigenvalue weighted by Gasteiger charge is -1.96. The van der Waals surface area contributed by atoms with Crippen molar-refractivity contribution >= 4 is 15.9 Å². The molecule has 0 fully saturated rings. The van der Waals surface area contributed by atoms with Crippen LogP contribution in [-0.4, -0.2) is 12.6 Å². The zero-order valence-electron chi connectivity index (χ0n) is 6.82. The van der Waals surface area contributed by atoms with Crippen molar-refractivity contribution in [3.8, 4) is 0 Å². The molecule has 0 N–H and O–H groups in total. The number of ether oxygens (including phenoxy) is 1. The fourth-order valence-corrected chi connectivity index (χ4v) is 0.360. The monoisotopic (exact) mass is 278 g/mol. The zero-order valence-corrected chi connectivity index (χ0v) is 11.0. The first-order valence-corrected chi connectivity index (χ1v) is 2.90. The largest absolute Gasteiger partial charge is 1.00 e. The average molecular weight is 278 g/mol. The molecule has 0 aliphatic carbocycles. The Morgan fingerprint density at radius 3 is 2.30 bits per heavy atom. The molecule has 0 amide bonds. The fraction of sp³-hybridized carbons (Fsp3) is 0.833. The Kier molecular flexibility index (Phi) is 20.9. The van der Waals surface area contributed by atoms with Gasteiger partial charge in [0, 0.05) is 6.92 Å². The number of halogens is 1. The molecule has 0 rings (SSSR count). The number of carbonyl (C=O) groups is 1. The summed E-state index contributed by atoms with van der Waals surface area (Å²) >= 11 is 0. The van der Waals surface area contributed by atoms with Gasteiger partial charge in [-0.3, -0.25) is 4.79 Å². The van der Waals surface area contributed by atoms with E-state index < -0.39 is 0 Å². The maximum absolute atomic E-state index is 10.1. The third-order valence-corrected chi connectivity index (χ3v) is 0.803. The summed E-state index contributed by atoms with van der Waals surface area (Å²) in [5.41, 5.74) is 0. The van der Waals surface area contributed by atoms with Crippen LogP contribution in [0.1, 0.15) is 26.7 Å². The summed E-state index contributed by atoms with van der Waals surface area (Å²) in [6.45, 7) is 4.06. The van der Waals surface area contributed by atoms with Crippen LogP contribution in [0.5, 0.6) is 0 Å². The molecule has 0 heterocycles. The van der Waals surface area contributed by atoms with E-state index in [2.05, 4.69) is 11.7 Å². The van der Waals surface area contributed by atoms with Crippen LogP contribution < -0.4 is 24.0 Å². The van der Waals surface area contributed by atoms with Crippen molar-refractivity contribution in [1.82, 2.24) is 0 Å². The van der Waals surface area contributed by atoms with E-state index in [0.717, 1.165) is 12.8 Å². The fourth-order valence-electron chi connectivity index (χ4n) is 0.360. The maximum Gasteiger partial charge on any atom is 0.302 e. The quantitative estimate of drug-likeness (QED) is 0.262. The van der Waals surface area contributed by atoms with Gasteiger partial charge in [-0.2, -0.15) is 0 Å². The number of carbonyl (C=O) groups excluding carboxylic acids is 1. The molecule has 0 spiro atoms. The molecule has 2 nitrogen and oxygen atoms in total. The zero-order chi connectivity index (χ0) is 6.41. The Balaban J connectivity index is -0.000000245. The van der Waals surface area contributed by atoms with Gasteiger partial charge in [0.15, 0.2) is 0 Å². The number of hydrogen-bond donors (Lipinski definition) is 0. The molecular formula is C6H16IO2P. The van der Waals surface area contributed by atoms with Crippen molar-refractivity contribution < 1.29 is 33.5 Å². The van der Waals surface area contributed by atoms with Crippen LogP contribution in [0.4, 0.5) is 0 Å². The van der Waals surface area contributed by atoms with Gasteiger partial charge < -0.3 is 28.7 Å². The molecule has 0 aromatic carbocycles. The van der Waals surface area contributed by atoms with E-state index >= 15 is 0 Å². The van der Waals surface area contributed by atoms with Crippen molar-refractivity contribution in [1.29, 1.82) is 0 Å². The highest BCUT2D eigenvalue weighted by Crippen LogP contribution is 1.86. The summed E-state index contributed by atoms with van der Waals surface area (Å²) < 4.78 is 4.64. The summed E-state index contributed by atoms with van der Waals surface area (Å²) in [4.78, 5) is 10.1. The van der Waals surface area contributed by atoms with Gasteiger partial charge in [0.25, 0.3) is 0 Å². The Morgan fingerprint density at radius 2 is 2.00 bits per heavy atom. The topological polar surface area (TPSA) is 26.3 Å². The molecule has 4 heteroatoms. The number of esters is 1. The molecule has 1 atom stereocenters. The predicted molar refractivity (Wildman–Crippen MR) is 44.0 cm³/mol. The minimum Gasteiger partial charge on any atom is -1.00 e. The number of unbranched alkanes of at least 4 members (excludes halogenated alkanes) is 1. The van der Waals surface area contributed by atoms with Crippen molar-refractivity contribution in [3.05, 3.63) is 0 Å². The highest BCUT2D eigenvalue weighted by atomic mass is 127. The van der Waals surface area contributed by atoms with Crippen molar-refractivity contribution in [2.75, 3.05) is 6.61 Å². The van der Waals surface area contributed by atoms with Crippen LogP contribution in [-0.2, 0) is 9.53 Å². The summed E-state index contributed by atoms with van der Waals surface area (Å²) in [6, 6.07) is 0. The van der Waals surface area contributed by atoms with E-state index in [0.29, 0.717) is 6.61 Å². The predicted octanol–water partition coefficient (Wildman–Crippen LogP) is -1.86. The minimum absolute atomic E-state index is 0. The molecule has 0 aliphatic heterocycles. The molecule has 0 saturated carbocycles. The molecule has 1 unspecified atom stereocenters. The lowest BCUT2D eigenvalue weighted by atomic mass is 10.4. The molecule has 0 bridgehead atoms. The van der Waals surface area contributed by atoms with Gasteiger partial charge in [0.2, 0.25) is 0 Å². The Labute approximate surface area is 82.7 Å². The minimum atomic E-state index is -0.182. The second kappa shape index (κ2) is 12.3. The third-order valence-electron chi connectivity index (χ3n) is 0.803. The maximum atomic E-state index is 10.1. The van der Waals surface area contributed by atoms with Gasteiger partial charge in [-0.05, 0) is 16.3 Å². The molecule has 64 valence electrons. The summed E-state index contributed by atoms with van der Waals surface area (Å²) in [6.07, 6.45) is 2.05. The summed E-state index contributed by atoms with van der Waals surface area (Å²) in [5.74, 6) is -0.182. The first kappa shape index (κ1) is 16.9. The van der Waals surface area contributed by atoms with Gasteiger partial charge in [-0.1, -0.05) is 13.3 Å². The molecule has 0 aromatic heterocycles. The van der Waals surface area contributed by atoms with Gasteiger partial charge in [0.05, 0.1) is 6.61 Å². The normalized spacial score (nSPS) is 7.00. The molecule has 0 saturated heterocycles. The van der Waals surface area contributed by atoms with Gasteiger partial charge in [0.1, 0.15) is 0 Å². The van der Waals surface area contributed by atoms with Gasteiger partial charge >= 0.3 is 5.97 Å². The molecule has 0 aromatic rings. The SMILES string of the molecule is CCCCOC(C)=O.[I-].[PH4+]. The second-order valence-electron chi connectivity index (χ2n) is 1.69. The van der Waals surface area contributed by atoms with E-state index in [1.807, 2.05) is 0 Å². The Bertz CT molecular complexity index is 78.1. The third kappa shape index (κ3) is 15.9. The van der Waals surface area contributed by atoms with E-state index in [-0.39, 0.29) is 39.8 Å². The average Bonchev–Trinajstić information content (AvgIpc) is 1.66. The summed E-state index contributed by atoms with van der Waals surface area (Å²) in [5, 5.41) is 0. The van der Waals surface area contributed by atoms with Crippen molar-refractivity contribution in [3.63, 3.8) is 0 Å². The standard InChI is InChI=1S/C6H12O2.HI.H3P/c1-3-4-5-8-6(2)7;;/h3-5H2,1-2H3;1H;1H3. The Morgan fingerprint density at radius 1 is 1.50 bits per heavy atom. The molecule has 0 radical (unpaired) electrons. The molecule has 0 aliphatic rings. The van der Waals surface area contributed by atoms with Gasteiger partial charge in [-0.15, -0.1) is 0 Å². The molecule has 10 heavy (non-hydrogen) atoms. The smallest absolute Gasteiger partial charge is 0.302 e. The van der Waals surface area contributed by atoms with Crippen molar-refractivity contribution in [2.45, 2.75) is 26.7 Å². The van der Waals surface area contributed by atoms with Crippen LogP contribution in [0.15, 0.2) is 0 Å². The first-order valence-electron chi connectivity index (χ1n) is 2.90. The van der Waals surface area contributed by atoms with Crippen LogP contribution in [0.25, 0.3) is 0 Å². The highest BCUT2D eigenvalue weighted by molar-refractivity contribution is 6.92. The van der Waals surface area contributed by atoms with E-state index in [4.69, 9.17) is 0 Å². The Hall–Kier alpha value is 0.630. The van der Waals surface area contributed by atoms with E-state index in [9.17, 15) is 4.79 Å². The van der Waals surface area contributed by atoms with E-state index in [1.54, 1.807) is 0 Å². The lowest BCUT2D eigenvalue weighted by Crippen LogP contribution is -3.00. The second-order valence-corrected chi connectivity index (χ2v) is 1.69. The van der Waals surface area contributed by atoms with E-state index in [1.165, 1.54) is 6.92 Å². The lowest BCUT2D eigenvalue weighted by molar-refractivity contribution is -0.141. The first-order chi connectivity index (χ1) is 3.77. The van der Waals surface area contributed by atoms with Crippen LogP contribution in [0.3, 0.4) is 0 Å².